The lowest BCUT2D eigenvalue weighted by atomic mass is 10.2. The van der Waals surface area contributed by atoms with Crippen LogP contribution in [0.1, 0.15) is 6.92 Å². The van der Waals surface area contributed by atoms with Gasteiger partial charge in [-0.05, 0) is 30.2 Å². The molecule has 0 radical (unpaired) electrons. The van der Waals surface area contributed by atoms with E-state index in [0.29, 0.717) is 5.92 Å². The number of hydrogen-bond acceptors (Lipinski definition) is 2. The van der Waals surface area contributed by atoms with Crippen molar-refractivity contribution in [1.29, 1.82) is 0 Å². The zero-order chi connectivity index (χ0) is 13.0. The summed E-state index contributed by atoms with van der Waals surface area (Å²) in [5.41, 5.74) is 1.11. The standard InChI is InChI=1S/C14H20ClFN2/c1-12(10-15)11-17-6-8-18(9-7-17)14-4-2-13(16)3-5-14/h2-5,12H,6-11H2,1H3. The van der Waals surface area contributed by atoms with Crippen LogP contribution in [0.5, 0.6) is 0 Å². The van der Waals surface area contributed by atoms with Crippen LogP contribution in [0.2, 0.25) is 0 Å². The fourth-order valence-corrected chi connectivity index (χ4v) is 2.43. The van der Waals surface area contributed by atoms with Gasteiger partial charge < -0.3 is 4.90 Å². The first-order chi connectivity index (χ1) is 8.69. The Labute approximate surface area is 113 Å². The van der Waals surface area contributed by atoms with Crippen molar-refractivity contribution in [2.45, 2.75) is 6.92 Å². The van der Waals surface area contributed by atoms with E-state index < -0.39 is 0 Å². The van der Waals surface area contributed by atoms with Crippen molar-refractivity contribution >= 4 is 17.3 Å². The summed E-state index contributed by atoms with van der Waals surface area (Å²) in [6.45, 7) is 7.36. The summed E-state index contributed by atoms with van der Waals surface area (Å²) in [4.78, 5) is 4.76. The van der Waals surface area contributed by atoms with Gasteiger partial charge in [-0.2, -0.15) is 0 Å². The van der Waals surface area contributed by atoms with Gasteiger partial charge in [0, 0.05) is 44.3 Å². The van der Waals surface area contributed by atoms with Gasteiger partial charge in [-0.3, -0.25) is 4.90 Å². The second kappa shape index (κ2) is 6.39. The topological polar surface area (TPSA) is 6.48 Å². The third-order valence-corrected chi connectivity index (χ3v) is 3.92. The normalized spacial score (nSPS) is 18.9. The molecule has 0 bridgehead atoms. The Kier molecular flexibility index (Phi) is 4.84. The van der Waals surface area contributed by atoms with E-state index >= 15 is 0 Å². The van der Waals surface area contributed by atoms with Crippen LogP contribution in [0.15, 0.2) is 24.3 Å². The second-order valence-electron chi connectivity index (χ2n) is 5.02. The van der Waals surface area contributed by atoms with Crippen LogP contribution in [0.25, 0.3) is 0 Å². The first kappa shape index (κ1) is 13.6. The number of hydrogen-bond donors (Lipinski definition) is 0. The third-order valence-electron chi connectivity index (χ3n) is 3.40. The van der Waals surface area contributed by atoms with Crippen LogP contribution in [-0.2, 0) is 0 Å². The molecule has 0 aliphatic carbocycles. The summed E-state index contributed by atoms with van der Waals surface area (Å²) in [6, 6.07) is 6.76. The van der Waals surface area contributed by atoms with E-state index in [4.69, 9.17) is 11.6 Å². The Hall–Kier alpha value is -0.800. The summed E-state index contributed by atoms with van der Waals surface area (Å²) >= 11 is 5.84. The van der Waals surface area contributed by atoms with Crippen molar-refractivity contribution in [3.63, 3.8) is 0 Å². The van der Waals surface area contributed by atoms with Crippen LogP contribution in [-0.4, -0.2) is 43.5 Å². The van der Waals surface area contributed by atoms with Crippen LogP contribution >= 0.6 is 11.6 Å². The fraction of sp³-hybridized carbons (Fsp3) is 0.571. The zero-order valence-corrected chi connectivity index (χ0v) is 11.5. The van der Waals surface area contributed by atoms with Crippen molar-refractivity contribution in [2.75, 3.05) is 43.5 Å². The monoisotopic (exact) mass is 270 g/mol. The highest BCUT2D eigenvalue weighted by atomic mass is 35.5. The van der Waals surface area contributed by atoms with Crippen LogP contribution in [0, 0.1) is 11.7 Å². The lowest BCUT2D eigenvalue weighted by molar-refractivity contribution is 0.232. The fourth-order valence-electron chi connectivity index (χ4n) is 2.33. The van der Waals surface area contributed by atoms with Gasteiger partial charge in [0.2, 0.25) is 0 Å². The van der Waals surface area contributed by atoms with E-state index in [1.54, 1.807) is 0 Å². The van der Waals surface area contributed by atoms with Gasteiger partial charge in [0.05, 0.1) is 0 Å². The number of rotatable bonds is 4. The number of benzene rings is 1. The minimum atomic E-state index is -0.173. The summed E-state index contributed by atoms with van der Waals surface area (Å²) < 4.78 is 12.9. The van der Waals surface area contributed by atoms with Crippen LogP contribution in [0.3, 0.4) is 0 Å². The molecule has 1 aromatic rings. The third kappa shape index (κ3) is 3.59. The number of halogens is 2. The quantitative estimate of drug-likeness (QED) is 0.777. The molecule has 1 heterocycles. The summed E-state index contributed by atoms with van der Waals surface area (Å²) in [5.74, 6) is 1.09. The van der Waals surface area contributed by atoms with Crippen molar-refractivity contribution in [1.82, 2.24) is 4.90 Å². The van der Waals surface area contributed by atoms with Crippen molar-refractivity contribution in [3.8, 4) is 0 Å². The molecule has 0 N–H and O–H groups in total. The van der Waals surface area contributed by atoms with Gasteiger partial charge in [0.1, 0.15) is 5.82 Å². The first-order valence-corrected chi connectivity index (χ1v) is 7.01. The molecule has 0 saturated carbocycles. The highest BCUT2D eigenvalue weighted by Crippen LogP contribution is 2.17. The maximum Gasteiger partial charge on any atom is 0.123 e. The molecule has 1 fully saturated rings. The highest BCUT2D eigenvalue weighted by molar-refractivity contribution is 6.18. The minimum Gasteiger partial charge on any atom is -0.369 e. The molecule has 1 aliphatic heterocycles. The lowest BCUT2D eigenvalue weighted by Crippen LogP contribution is -2.47. The van der Waals surface area contributed by atoms with Gasteiger partial charge in [-0.25, -0.2) is 4.39 Å². The van der Waals surface area contributed by atoms with Gasteiger partial charge >= 0.3 is 0 Å². The zero-order valence-electron chi connectivity index (χ0n) is 10.8. The van der Waals surface area contributed by atoms with Crippen molar-refractivity contribution < 1.29 is 4.39 Å². The lowest BCUT2D eigenvalue weighted by Gasteiger charge is -2.37. The Balaban J connectivity index is 1.84. The predicted octanol–water partition coefficient (Wildman–Crippen LogP) is 2.82. The van der Waals surface area contributed by atoms with Gasteiger partial charge in [-0.1, -0.05) is 6.92 Å². The molecule has 1 aromatic carbocycles. The van der Waals surface area contributed by atoms with Gasteiger partial charge in [-0.15, -0.1) is 11.6 Å². The maximum atomic E-state index is 12.9. The number of nitrogens with zero attached hydrogens (tertiary/aromatic N) is 2. The average molecular weight is 271 g/mol. The van der Waals surface area contributed by atoms with Crippen molar-refractivity contribution in [3.05, 3.63) is 30.1 Å². The molecular formula is C14H20ClFN2. The first-order valence-electron chi connectivity index (χ1n) is 6.48. The summed E-state index contributed by atoms with van der Waals surface area (Å²) in [5, 5.41) is 0. The van der Waals surface area contributed by atoms with E-state index in [9.17, 15) is 4.39 Å². The average Bonchev–Trinajstić information content (AvgIpc) is 2.40. The van der Waals surface area contributed by atoms with Gasteiger partial charge in [0.15, 0.2) is 0 Å². The number of anilines is 1. The number of piperazine rings is 1. The number of alkyl halides is 1. The molecule has 0 amide bonds. The smallest absolute Gasteiger partial charge is 0.123 e. The Morgan fingerprint density at radius 1 is 1.17 bits per heavy atom. The molecule has 1 unspecified atom stereocenters. The Morgan fingerprint density at radius 2 is 1.78 bits per heavy atom. The van der Waals surface area contributed by atoms with E-state index in [2.05, 4.69) is 16.7 Å². The molecule has 4 heteroatoms. The van der Waals surface area contributed by atoms with E-state index in [1.165, 1.54) is 12.1 Å². The maximum absolute atomic E-state index is 12.9. The largest absolute Gasteiger partial charge is 0.369 e. The molecule has 18 heavy (non-hydrogen) atoms. The minimum absolute atomic E-state index is 0.173. The summed E-state index contributed by atoms with van der Waals surface area (Å²) in [6.07, 6.45) is 0. The molecule has 2 nitrogen and oxygen atoms in total. The van der Waals surface area contributed by atoms with E-state index in [0.717, 1.165) is 44.3 Å². The Morgan fingerprint density at radius 3 is 2.33 bits per heavy atom. The van der Waals surface area contributed by atoms with Crippen molar-refractivity contribution in [2.24, 2.45) is 5.92 Å². The molecule has 1 aliphatic rings. The summed E-state index contributed by atoms with van der Waals surface area (Å²) in [7, 11) is 0. The SMILES string of the molecule is CC(CCl)CN1CCN(c2ccc(F)cc2)CC1. The predicted molar refractivity (Wildman–Crippen MR) is 74.9 cm³/mol. The molecule has 1 saturated heterocycles. The molecule has 2 rings (SSSR count). The second-order valence-corrected chi connectivity index (χ2v) is 5.33. The van der Waals surface area contributed by atoms with E-state index in [1.807, 2.05) is 12.1 Å². The molecule has 1 atom stereocenters. The highest BCUT2D eigenvalue weighted by Gasteiger charge is 2.18. The Bertz CT molecular complexity index is 361. The van der Waals surface area contributed by atoms with Crippen LogP contribution in [0.4, 0.5) is 10.1 Å². The molecule has 100 valence electrons. The van der Waals surface area contributed by atoms with Gasteiger partial charge in [0.25, 0.3) is 0 Å². The van der Waals surface area contributed by atoms with E-state index in [-0.39, 0.29) is 5.82 Å². The molecule has 0 spiro atoms. The molecular weight excluding hydrogens is 251 g/mol. The van der Waals surface area contributed by atoms with Crippen LogP contribution < -0.4 is 4.90 Å². The molecule has 0 aromatic heterocycles.